The predicted molar refractivity (Wildman–Crippen MR) is 130 cm³/mol. The molecule has 1 aliphatic rings. The lowest BCUT2D eigenvalue weighted by molar-refractivity contribution is 0.0474. The van der Waals surface area contributed by atoms with E-state index in [0.717, 1.165) is 4.90 Å². The lowest BCUT2D eigenvalue weighted by Crippen LogP contribution is -2.30. The van der Waals surface area contributed by atoms with Crippen LogP contribution in [0.5, 0.6) is 0 Å². The highest BCUT2D eigenvalue weighted by atomic mass is 16.5. The number of aryl methyl sites for hydroxylation is 2. The SMILES string of the molecule is Cc1ccc(C(=O)OCC(=O)c2ccccc2)cc1N1C(=O)c2c(C)nc3ccccc3c2C1=O. The van der Waals surface area contributed by atoms with Gasteiger partial charge in [0.15, 0.2) is 12.4 Å². The third-order valence-corrected chi connectivity index (χ3v) is 6.02. The number of carbonyl (C=O) groups excluding carboxylic acids is 4. The summed E-state index contributed by atoms with van der Waals surface area (Å²) in [4.78, 5) is 57.4. The number of fused-ring (bicyclic) bond motifs is 3. The number of anilines is 1. The van der Waals surface area contributed by atoms with Crippen molar-refractivity contribution in [2.75, 3.05) is 11.5 Å². The van der Waals surface area contributed by atoms with E-state index >= 15 is 0 Å². The number of Topliss-reactive ketones (excluding diaryl/α,β-unsaturated/α-hetero) is 1. The minimum atomic E-state index is -0.726. The first-order chi connectivity index (χ1) is 16.9. The zero-order valence-corrected chi connectivity index (χ0v) is 19.1. The van der Waals surface area contributed by atoms with Crippen molar-refractivity contribution in [2.45, 2.75) is 13.8 Å². The summed E-state index contributed by atoms with van der Waals surface area (Å²) in [5.41, 5.74) is 3.13. The van der Waals surface area contributed by atoms with Crippen molar-refractivity contribution >= 4 is 40.2 Å². The van der Waals surface area contributed by atoms with Crippen molar-refractivity contribution in [3.05, 3.63) is 106 Å². The Bertz CT molecular complexity index is 1540. The smallest absolute Gasteiger partial charge is 0.338 e. The van der Waals surface area contributed by atoms with E-state index in [1.165, 1.54) is 12.1 Å². The Labute approximate surface area is 201 Å². The zero-order valence-electron chi connectivity index (χ0n) is 19.1. The number of nitrogens with zero attached hydrogens (tertiary/aromatic N) is 2. The van der Waals surface area contributed by atoms with Gasteiger partial charge in [-0.15, -0.1) is 0 Å². The average Bonchev–Trinajstić information content (AvgIpc) is 3.14. The third-order valence-electron chi connectivity index (χ3n) is 6.02. The van der Waals surface area contributed by atoms with Crippen LogP contribution in [-0.2, 0) is 4.74 Å². The lowest BCUT2D eigenvalue weighted by atomic mass is 10.0. The molecule has 5 rings (SSSR count). The van der Waals surface area contributed by atoms with Gasteiger partial charge in [-0.1, -0.05) is 54.6 Å². The maximum atomic E-state index is 13.5. The van der Waals surface area contributed by atoms with Crippen LogP contribution in [0.2, 0.25) is 0 Å². The Balaban J connectivity index is 1.46. The highest BCUT2D eigenvalue weighted by Crippen LogP contribution is 2.36. The van der Waals surface area contributed by atoms with Gasteiger partial charge in [-0.05, 0) is 37.6 Å². The van der Waals surface area contributed by atoms with E-state index in [-0.39, 0.29) is 22.6 Å². The molecule has 0 saturated carbocycles. The summed E-state index contributed by atoms with van der Waals surface area (Å²) in [6.07, 6.45) is 0. The zero-order chi connectivity index (χ0) is 24.7. The van der Waals surface area contributed by atoms with E-state index in [0.29, 0.717) is 33.3 Å². The summed E-state index contributed by atoms with van der Waals surface area (Å²) in [6, 6.07) is 20.3. The number of hydrogen-bond acceptors (Lipinski definition) is 6. The molecule has 0 unspecified atom stereocenters. The molecule has 1 aromatic heterocycles. The molecular formula is C28H20N2O5. The van der Waals surface area contributed by atoms with Crippen LogP contribution in [0.4, 0.5) is 5.69 Å². The molecule has 2 amide bonds. The van der Waals surface area contributed by atoms with E-state index < -0.39 is 24.4 Å². The fourth-order valence-electron chi connectivity index (χ4n) is 4.25. The number of hydrogen-bond donors (Lipinski definition) is 0. The summed E-state index contributed by atoms with van der Waals surface area (Å²) in [7, 11) is 0. The van der Waals surface area contributed by atoms with Crippen LogP contribution >= 0.6 is 0 Å². The number of ketones is 1. The fourth-order valence-corrected chi connectivity index (χ4v) is 4.25. The maximum absolute atomic E-state index is 13.5. The van der Waals surface area contributed by atoms with Crippen LogP contribution in [0.25, 0.3) is 10.9 Å². The normalized spacial score (nSPS) is 12.7. The van der Waals surface area contributed by atoms with Crippen LogP contribution in [0.15, 0.2) is 72.8 Å². The van der Waals surface area contributed by atoms with Gasteiger partial charge >= 0.3 is 5.97 Å². The number of imide groups is 1. The van der Waals surface area contributed by atoms with Crippen LogP contribution < -0.4 is 4.90 Å². The summed E-state index contributed by atoms with van der Waals surface area (Å²) >= 11 is 0. The van der Waals surface area contributed by atoms with Gasteiger partial charge in [0.1, 0.15) is 0 Å². The van der Waals surface area contributed by atoms with Gasteiger partial charge in [0.2, 0.25) is 0 Å². The van der Waals surface area contributed by atoms with Gasteiger partial charge in [-0.2, -0.15) is 0 Å². The van der Waals surface area contributed by atoms with Crippen LogP contribution in [0.1, 0.15) is 52.7 Å². The molecule has 2 heterocycles. The second-order valence-corrected chi connectivity index (χ2v) is 8.28. The molecule has 0 fully saturated rings. The van der Waals surface area contributed by atoms with Crippen molar-refractivity contribution < 1.29 is 23.9 Å². The van der Waals surface area contributed by atoms with Gasteiger partial charge in [0.25, 0.3) is 11.8 Å². The number of para-hydroxylation sites is 1. The minimum absolute atomic E-state index is 0.128. The number of aromatic nitrogens is 1. The second-order valence-electron chi connectivity index (χ2n) is 8.28. The van der Waals surface area contributed by atoms with Crippen molar-refractivity contribution in [1.29, 1.82) is 0 Å². The van der Waals surface area contributed by atoms with Crippen LogP contribution in [-0.4, -0.2) is 35.2 Å². The van der Waals surface area contributed by atoms with Gasteiger partial charge < -0.3 is 4.74 Å². The monoisotopic (exact) mass is 464 g/mol. The molecule has 0 bridgehead atoms. The average molecular weight is 464 g/mol. The predicted octanol–water partition coefficient (Wildman–Crippen LogP) is 4.69. The van der Waals surface area contributed by atoms with Gasteiger partial charge in [-0.3, -0.25) is 19.4 Å². The Morgan fingerprint density at radius 3 is 2.29 bits per heavy atom. The Morgan fingerprint density at radius 2 is 1.51 bits per heavy atom. The lowest BCUT2D eigenvalue weighted by Gasteiger charge is -2.17. The summed E-state index contributed by atoms with van der Waals surface area (Å²) in [6.45, 7) is 3.02. The quantitative estimate of drug-likeness (QED) is 0.242. The number of ether oxygens (including phenoxy) is 1. The number of amides is 2. The highest BCUT2D eigenvalue weighted by Gasteiger charge is 2.40. The molecule has 3 aromatic carbocycles. The van der Waals surface area contributed by atoms with Crippen molar-refractivity contribution in [3.8, 4) is 0 Å². The van der Waals surface area contributed by atoms with E-state index in [1.54, 1.807) is 68.4 Å². The van der Waals surface area contributed by atoms with Gasteiger partial charge in [-0.25, -0.2) is 9.69 Å². The molecule has 172 valence electrons. The largest absolute Gasteiger partial charge is 0.454 e. The molecule has 4 aromatic rings. The standard InChI is InChI=1S/C28H20N2O5/c1-16-12-13-19(28(34)35-15-23(31)18-8-4-3-5-9-18)14-22(16)30-26(32)24-17(2)29-21-11-7-6-10-20(21)25(24)27(30)33/h3-14H,15H2,1-2H3. The number of pyridine rings is 1. The number of benzene rings is 3. The first-order valence-corrected chi connectivity index (χ1v) is 11.0. The fraction of sp³-hybridized carbons (Fsp3) is 0.107. The molecule has 1 aliphatic heterocycles. The molecular weight excluding hydrogens is 444 g/mol. The Morgan fingerprint density at radius 1 is 0.829 bits per heavy atom. The minimum Gasteiger partial charge on any atom is -0.454 e. The molecule has 7 nitrogen and oxygen atoms in total. The van der Waals surface area contributed by atoms with Gasteiger partial charge in [0.05, 0.1) is 33.6 Å². The molecule has 0 atom stereocenters. The topological polar surface area (TPSA) is 93.6 Å². The van der Waals surface area contributed by atoms with Crippen molar-refractivity contribution in [3.63, 3.8) is 0 Å². The van der Waals surface area contributed by atoms with Crippen LogP contribution in [0.3, 0.4) is 0 Å². The molecule has 0 N–H and O–H groups in total. The highest BCUT2D eigenvalue weighted by molar-refractivity contribution is 6.38. The number of esters is 1. The Hall–Kier alpha value is -4.65. The van der Waals surface area contributed by atoms with Crippen molar-refractivity contribution in [1.82, 2.24) is 4.98 Å². The first kappa shape index (κ1) is 22.2. The molecule has 0 saturated heterocycles. The van der Waals surface area contributed by atoms with Crippen molar-refractivity contribution in [2.24, 2.45) is 0 Å². The number of rotatable bonds is 5. The number of carbonyl (C=O) groups is 4. The summed E-state index contributed by atoms with van der Waals surface area (Å²) < 4.78 is 5.21. The molecule has 0 aliphatic carbocycles. The molecule has 35 heavy (non-hydrogen) atoms. The molecule has 0 spiro atoms. The molecule has 7 heteroatoms. The first-order valence-electron chi connectivity index (χ1n) is 11.0. The van der Waals surface area contributed by atoms with E-state index in [9.17, 15) is 19.2 Å². The van der Waals surface area contributed by atoms with E-state index in [1.807, 2.05) is 6.07 Å². The van der Waals surface area contributed by atoms with E-state index in [2.05, 4.69) is 4.98 Å². The summed E-state index contributed by atoms with van der Waals surface area (Å²) in [5, 5.41) is 0.599. The van der Waals surface area contributed by atoms with Gasteiger partial charge in [0, 0.05) is 10.9 Å². The van der Waals surface area contributed by atoms with E-state index in [4.69, 9.17) is 4.74 Å². The summed E-state index contributed by atoms with van der Waals surface area (Å²) in [5.74, 6) is -2.02. The Kier molecular flexibility index (Phi) is 5.45. The third kappa shape index (κ3) is 3.77. The second kappa shape index (κ2) is 8.61. The molecule has 0 radical (unpaired) electrons. The maximum Gasteiger partial charge on any atom is 0.338 e. The van der Waals surface area contributed by atoms with Crippen LogP contribution in [0, 0.1) is 13.8 Å².